The molecular formula is C17H12F3NO3. The summed E-state index contributed by atoms with van der Waals surface area (Å²) in [5.74, 6) is 0.741. The number of alkyl halides is 3. The first kappa shape index (κ1) is 15.9. The second-order valence-corrected chi connectivity index (χ2v) is 4.99. The van der Waals surface area contributed by atoms with Crippen molar-refractivity contribution in [3.63, 3.8) is 0 Å². The zero-order chi connectivity index (χ0) is 17.2. The number of ether oxygens (including phenoxy) is 2. The smallest absolute Gasteiger partial charge is 0.416 e. The monoisotopic (exact) mass is 335 g/mol. The predicted octanol–water partition coefficient (Wildman–Crippen LogP) is 4.24. The van der Waals surface area contributed by atoms with Gasteiger partial charge in [-0.05, 0) is 36.4 Å². The van der Waals surface area contributed by atoms with Gasteiger partial charge >= 0.3 is 6.18 Å². The molecule has 7 heteroatoms. The number of hydrogen-bond donors (Lipinski definition) is 1. The molecule has 1 N–H and O–H groups in total. The molecule has 124 valence electrons. The molecule has 2 aromatic carbocycles. The largest absolute Gasteiger partial charge is 0.454 e. The molecule has 1 heterocycles. The summed E-state index contributed by atoms with van der Waals surface area (Å²) in [7, 11) is 0. The standard InChI is InChI=1S/C17H12F3NO3/c18-17(19,20)12-2-1-3-13(9-12)21-7-6-14(22)11-4-5-15-16(8-11)24-10-23-15/h1-9,21H,10H2. The molecule has 0 radical (unpaired) electrons. The van der Waals surface area contributed by atoms with Gasteiger partial charge in [0.25, 0.3) is 0 Å². The Bertz CT molecular complexity index is 800. The van der Waals surface area contributed by atoms with Crippen LogP contribution < -0.4 is 14.8 Å². The van der Waals surface area contributed by atoms with Crippen LogP contribution in [0.15, 0.2) is 54.7 Å². The molecule has 0 saturated heterocycles. The highest BCUT2D eigenvalue weighted by atomic mass is 19.4. The molecule has 0 spiro atoms. The normalized spacial score (nSPS) is 13.3. The van der Waals surface area contributed by atoms with Crippen molar-refractivity contribution in [3.05, 3.63) is 65.9 Å². The maximum absolute atomic E-state index is 12.6. The number of halogens is 3. The molecule has 1 aliphatic heterocycles. The molecule has 3 rings (SSSR count). The molecule has 0 aliphatic carbocycles. The van der Waals surface area contributed by atoms with Crippen molar-refractivity contribution in [3.8, 4) is 11.5 Å². The van der Waals surface area contributed by atoms with Crippen LogP contribution in [0.5, 0.6) is 11.5 Å². The fourth-order valence-corrected chi connectivity index (χ4v) is 2.14. The summed E-state index contributed by atoms with van der Waals surface area (Å²) in [5, 5.41) is 2.65. The van der Waals surface area contributed by atoms with E-state index in [-0.39, 0.29) is 18.3 Å². The van der Waals surface area contributed by atoms with Crippen molar-refractivity contribution in [2.45, 2.75) is 6.18 Å². The van der Waals surface area contributed by atoms with Crippen LogP contribution in [-0.4, -0.2) is 12.6 Å². The Morgan fingerprint density at radius 3 is 2.67 bits per heavy atom. The summed E-state index contributed by atoms with van der Waals surface area (Å²) in [4.78, 5) is 12.1. The molecule has 0 atom stereocenters. The molecule has 0 fully saturated rings. The van der Waals surface area contributed by atoms with Crippen molar-refractivity contribution in [1.29, 1.82) is 0 Å². The second-order valence-electron chi connectivity index (χ2n) is 4.99. The summed E-state index contributed by atoms with van der Waals surface area (Å²) in [6.45, 7) is 0.111. The van der Waals surface area contributed by atoms with Crippen molar-refractivity contribution < 1.29 is 27.4 Å². The SMILES string of the molecule is O=C(C=CNc1cccc(C(F)(F)F)c1)c1ccc2c(c1)OCO2. The van der Waals surface area contributed by atoms with E-state index in [0.29, 0.717) is 17.1 Å². The van der Waals surface area contributed by atoms with Crippen LogP contribution in [0.25, 0.3) is 0 Å². The Hall–Kier alpha value is -2.96. The number of hydrogen-bond acceptors (Lipinski definition) is 4. The van der Waals surface area contributed by atoms with Gasteiger partial charge in [-0.2, -0.15) is 13.2 Å². The van der Waals surface area contributed by atoms with Gasteiger partial charge < -0.3 is 14.8 Å². The third-order valence-electron chi connectivity index (χ3n) is 3.33. The van der Waals surface area contributed by atoms with Crippen molar-refractivity contribution in [2.75, 3.05) is 12.1 Å². The van der Waals surface area contributed by atoms with Gasteiger partial charge in [0.15, 0.2) is 17.3 Å². The summed E-state index contributed by atoms with van der Waals surface area (Å²) >= 11 is 0. The summed E-state index contributed by atoms with van der Waals surface area (Å²) in [6, 6.07) is 9.48. The molecule has 4 nitrogen and oxygen atoms in total. The average Bonchev–Trinajstić information content (AvgIpc) is 3.02. The van der Waals surface area contributed by atoms with Crippen LogP contribution in [0, 0.1) is 0 Å². The van der Waals surface area contributed by atoms with Crippen LogP contribution in [0.3, 0.4) is 0 Å². The van der Waals surface area contributed by atoms with Gasteiger partial charge in [0, 0.05) is 23.5 Å². The van der Waals surface area contributed by atoms with Crippen LogP contribution in [0.1, 0.15) is 15.9 Å². The minimum atomic E-state index is -4.41. The molecule has 0 amide bonds. The maximum atomic E-state index is 12.6. The molecule has 0 saturated carbocycles. The number of carbonyl (C=O) groups is 1. The molecule has 24 heavy (non-hydrogen) atoms. The molecule has 2 aromatic rings. The lowest BCUT2D eigenvalue weighted by Crippen LogP contribution is -2.05. The van der Waals surface area contributed by atoms with E-state index in [1.807, 2.05) is 0 Å². The van der Waals surface area contributed by atoms with Crippen LogP contribution >= 0.6 is 0 Å². The van der Waals surface area contributed by atoms with E-state index < -0.39 is 11.7 Å². The molecule has 0 bridgehead atoms. The quantitative estimate of drug-likeness (QED) is 0.670. The summed E-state index contributed by atoms with van der Waals surface area (Å²) in [6.07, 6.45) is -1.89. The first-order valence-electron chi connectivity index (χ1n) is 6.98. The Balaban J connectivity index is 1.67. The Morgan fingerprint density at radius 2 is 1.88 bits per heavy atom. The van der Waals surface area contributed by atoms with Gasteiger partial charge in [0.2, 0.25) is 6.79 Å². The highest BCUT2D eigenvalue weighted by Crippen LogP contribution is 2.33. The predicted molar refractivity (Wildman–Crippen MR) is 81.1 cm³/mol. The first-order valence-corrected chi connectivity index (χ1v) is 6.98. The molecule has 0 aromatic heterocycles. The highest BCUT2D eigenvalue weighted by molar-refractivity contribution is 6.05. The third-order valence-corrected chi connectivity index (χ3v) is 3.33. The summed E-state index contributed by atoms with van der Waals surface area (Å²) in [5.41, 5.74) is -0.135. The zero-order valence-electron chi connectivity index (χ0n) is 12.3. The van der Waals surface area contributed by atoms with Crippen LogP contribution in [0.4, 0.5) is 18.9 Å². The fourth-order valence-electron chi connectivity index (χ4n) is 2.14. The minimum absolute atomic E-state index is 0.111. The van der Waals surface area contributed by atoms with Gasteiger partial charge in [-0.3, -0.25) is 4.79 Å². The fraction of sp³-hybridized carbons (Fsp3) is 0.118. The van der Waals surface area contributed by atoms with E-state index in [2.05, 4.69) is 5.32 Å². The van der Waals surface area contributed by atoms with Gasteiger partial charge in [0.05, 0.1) is 5.56 Å². The van der Waals surface area contributed by atoms with E-state index >= 15 is 0 Å². The first-order chi connectivity index (χ1) is 11.4. The van der Waals surface area contributed by atoms with E-state index in [4.69, 9.17) is 9.47 Å². The Labute approximate surface area is 135 Å². The zero-order valence-corrected chi connectivity index (χ0v) is 12.3. The van der Waals surface area contributed by atoms with Crippen LogP contribution in [-0.2, 0) is 6.18 Å². The molecular weight excluding hydrogens is 323 g/mol. The number of rotatable bonds is 4. The minimum Gasteiger partial charge on any atom is -0.454 e. The van der Waals surface area contributed by atoms with Crippen molar-refractivity contribution >= 4 is 11.5 Å². The van der Waals surface area contributed by atoms with Crippen LogP contribution in [0.2, 0.25) is 0 Å². The Morgan fingerprint density at radius 1 is 1.08 bits per heavy atom. The van der Waals surface area contributed by atoms with E-state index in [9.17, 15) is 18.0 Å². The summed E-state index contributed by atoms with van der Waals surface area (Å²) < 4.78 is 48.2. The van der Waals surface area contributed by atoms with Crippen molar-refractivity contribution in [1.82, 2.24) is 0 Å². The second kappa shape index (κ2) is 6.27. The van der Waals surface area contributed by atoms with Gasteiger partial charge in [-0.1, -0.05) is 6.07 Å². The van der Waals surface area contributed by atoms with Crippen molar-refractivity contribution in [2.24, 2.45) is 0 Å². The average molecular weight is 335 g/mol. The number of benzene rings is 2. The number of allylic oxidation sites excluding steroid dienone is 1. The van der Waals surface area contributed by atoms with Gasteiger partial charge in [-0.25, -0.2) is 0 Å². The number of fused-ring (bicyclic) bond motifs is 1. The lowest BCUT2D eigenvalue weighted by Gasteiger charge is -2.08. The lowest BCUT2D eigenvalue weighted by molar-refractivity contribution is -0.137. The van der Waals surface area contributed by atoms with E-state index in [1.54, 1.807) is 18.2 Å². The lowest BCUT2D eigenvalue weighted by atomic mass is 10.1. The number of nitrogens with one attached hydrogen (secondary N) is 1. The topological polar surface area (TPSA) is 47.6 Å². The van der Waals surface area contributed by atoms with E-state index in [0.717, 1.165) is 12.1 Å². The number of ketones is 1. The number of carbonyl (C=O) groups excluding carboxylic acids is 1. The Kier molecular flexibility index (Phi) is 4.16. The number of anilines is 1. The third kappa shape index (κ3) is 3.51. The maximum Gasteiger partial charge on any atom is 0.416 e. The van der Waals surface area contributed by atoms with Gasteiger partial charge in [0.1, 0.15) is 0 Å². The molecule has 0 unspecified atom stereocenters. The highest BCUT2D eigenvalue weighted by Gasteiger charge is 2.30. The van der Waals surface area contributed by atoms with Gasteiger partial charge in [-0.15, -0.1) is 0 Å². The molecule has 1 aliphatic rings. The van der Waals surface area contributed by atoms with E-state index in [1.165, 1.54) is 24.4 Å².